The minimum absolute atomic E-state index is 0.0684. The second-order valence-corrected chi connectivity index (χ2v) is 5.50. The highest BCUT2D eigenvalue weighted by atomic mass is 32.2. The predicted octanol–water partition coefficient (Wildman–Crippen LogP) is 2.00. The van der Waals surface area contributed by atoms with Crippen molar-refractivity contribution in [1.82, 2.24) is 15.2 Å². The normalized spacial score (nSPS) is 18.5. The fraction of sp³-hybridized carbons (Fsp3) is 0.231. The molecule has 1 aromatic heterocycles. The Hall–Kier alpha value is -2.15. The van der Waals surface area contributed by atoms with Crippen molar-refractivity contribution in [3.63, 3.8) is 0 Å². The van der Waals surface area contributed by atoms with E-state index in [1.54, 1.807) is 0 Å². The van der Waals surface area contributed by atoms with Gasteiger partial charge in [0.2, 0.25) is 5.16 Å². The lowest BCUT2D eigenvalue weighted by molar-refractivity contribution is -0.116. The number of hydrogen-bond acceptors (Lipinski definition) is 5. The van der Waals surface area contributed by atoms with Gasteiger partial charge in [0, 0.05) is 0 Å². The highest BCUT2D eigenvalue weighted by Gasteiger charge is 2.36. The van der Waals surface area contributed by atoms with E-state index in [2.05, 4.69) is 20.3 Å². The maximum Gasteiger partial charge on any atom is 0.266 e. The van der Waals surface area contributed by atoms with Crippen molar-refractivity contribution in [2.45, 2.75) is 24.3 Å². The van der Waals surface area contributed by atoms with E-state index in [-0.39, 0.29) is 11.2 Å². The summed E-state index contributed by atoms with van der Waals surface area (Å²) in [5.74, 6) is 0.661. The maximum atomic E-state index is 12.5. The Labute approximate surface area is 120 Å². The zero-order valence-corrected chi connectivity index (χ0v) is 11.9. The SMILES string of the molecule is CC1=NN(c2ccccc2)C(=O)C1Sc1n[nH]c(C)n1. The van der Waals surface area contributed by atoms with Crippen LogP contribution in [0, 0.1) is 6.92 Å². The number of carbonyl (C=O) groups excluding carboxylic acids is 1. The molecular weight excluding hydrogens is 274 g/mol. The minimum atomic E-state index is -0.370. The quantitative estimate of drug-likeness (QED) is 0.937. The van der Waals surface area contributed by atoms with Gasteiger partial charge in [0.25, 0.3) is 5.91 Å². The van der Waals surface area contributed by atoms with Crippen LogP contribution in [-0.4, -0.2) is 32.1 Å². The fourth-order valence-electron chi connectivity index (χ4n) is 1.92. The smallest absolute Gasteiger partial charge is 0.266 e. The first-order valence-electron chi connectivity index (χ1n) is 6.15. The number of nitrogens with zero attached hydrogens (tertiary/aromatic N) is 4. The molecule has 102 valence electrons. The first-order valence-corrected chi connectivity index (χ1v) is 7.03. The van der Waals surface area contributed by atoms with Crippen molar-refractivity contribution in [2.24, 2.45) is 5.10 Å². The highest BCUT2D eigenvalue weighted by molar-refractivity contribution is 8.01. The van der Waals surface area contributed by atoms with Gasteiger partial charge in [-0.05, 0) is 26.0 Å². The van der Waals surface area contributed by atoms with E-state index >= 15 is 0 Å². The molecule has 7 heteroatoms. The highest BCUT2D eigenvalue weighted by Crippen LogP contribution is 2.29. The summed E-state index contributed by atoms with van der Waals surface area (Å²) in [7, 11) is 0. The molecular formula is C13H13N5OS. The second kappa shape index (κ2) is 5.09. The number of benzene rings is 1. The van der Waals surface area contributed by atoms with Gasteiger partial charge in [0.05, 0.1) is 11.4 Å². The van der Waals surface area contributed by atoms with E-state index in [1.165, 1.54) is 16.8 Å². The number of hydrogen-bond donors (Lipinski definition) is 1. The Kier molecular flexibility index (Phi) is 3.27. The van der Waals surface area contributed by atoms with Crippen molar-refractivity contribution in [3.8, 4) is 0 Å². The van der Waals surface area contributed by atoms with Gasteiger partial charge >= 0.3 is 0 Å². The molecule has 6 nitrogen and oxygen atoms in total. The lowest BCUT2D eigenvalue weighted by Crippen LogP contribution is -2.29. The van der Waals surface area contributed by atoms with E-state index in [0.29, 0.717) is 5.16 Å². The number of anilines is 1. The number of hydrazone groups is 1. The molecule has 2 aromatic rings. The van der Waals surface area contributed by atoms with Crippen LogP contribution < -0.4 is 5.01 Å². The van der Waals surface area contributed by atoms with Gasteiger partial charge in [0.1, 0.15) is 11.1 Å². The summed E-state index contributed by atoms with van der Waals surface area (Å²) in [5, 5.41) is 12.8. The number of aryl methyl sites for hydroxylation is 1. The number of aromatic nitrogens is 3. The molecule has 0 fully saturated rings. The number of thioether (sulfide) groups is 1. The molecule has 2 heterocycles. The first kappa shape index (κ1) is 12.9. The van der Waals surface area contributed by atoms with Gasteiger partial charge in [-0.3, -0.25) is 9.89 Å². The molecule has 0 saturated carbocycles. The standard InChI is InChI=1S/C13H13N5OS/c1-8-11(20-13-14-9(2)15-16-13)12(19)18(17-8)10-6-4-3-5-7-10/h3-7,11H,1-2H3,(H,14,15,16). The fourth-order valence-corrected chi connectivity index (χ4v) is 2.84. The van der Waals surface area contributed by atoms with Crippen molar-refractivity contribution >= 4 is 29.1 Å². The maximum absolute atomic E-state index is 12.5. The van der Waals surface area contributed by atoms with Gasteiger partial charge in [-0.2, -0.15) is 10.1 Å². The number of aromatic amines is 1. The van der Waals surface area contributed by atoms with Gasteiger partial charge in [0.15, 0.2) is 0 Å². The van der Waals surface area contributed by atoms with E-state index in [4.69, 9.17) is 0 Å². The summed E-state index contributed by atoms with van der Waals surface area (Å²) in [6, 6.07) is 9.39. The number of carbonyl (C=O) groups is 1. The molecule has 20 heavy (non-hydrogen) atoms. The molecule has 0 bridgehead atoms. The molecule has 1 N–H and O–H groups in total. The van der Waals surface area contributed by atoms with E-state index in [1.807, 2.05) is 44.2 Å². The molecule has 3 rings (SSSR count). The van der Waals surface area contributed by atoms with Crippen LogP contribution in [0.3, 0.4) is 0 Å². The Bertz CT molecular complexity index is 666. The molecule has 0 aliphatic carbocycles. The van der Waals surface area contributed by atoms with Gasteiger partial charge in [-0.15, -0.1) is 5.10 Å². The summed E-state index contributed by atoms with van der Waals surface area (Å²) in [5.41, 5.74) is 1.53. The second-order valence-electron chi connectivity index (χ2n) is 4.43. The van der Waals surface area contributed by atoms with Crippen LogP contribution in [-0.2, 0) is 4.79 Å². The monoisotopic (exact) mass is 287 g/mol. The third-order valence-corrected chi connectivity index (χ3v) is 4.04. The largest absolute Gasteiger partial charge is 0.271 e. The molecule has 1 aliphatic heterocycles. The topological polar surface area (TPSA) is 74.2 Å². The third-order valence-electron chi connectivity index (χ3n) is 2.87. The van der Waals surface area contributed by atoms with Gasteiger partial charge in [-0.1, -0.05) is 30.0 Å². The summed E-state index contributed by atoms with van der Waals surface area (Å²) in [6.07, 6.45) is 0. The van der Waals surface area contributed by atoms with Crippen LogP contribution in [0.2, 0.25) is 0 Å². The van der Waals surface area contributed by atoms with Gasteiger partial charge < -0.3 is 0 Å². The number of para-hydroxylation sites is 1. The lowest BCUT2D eigenvalue weighted by atomic mass is 10.3. The summed E-state index contributed by atoms with van der Waals surface area (Å²) in [4.78, 5) is 16.7. The minimum Gasteiger partial charge on any atom is -0.271 e. The van der Waals surface area contributed by atoms with Crippen LogP contribution in [0.15, 0.2) is 40.6 Å². The Balaban J connectivity index is 1.82. The Morgan fingerprint density at radius 2 is 2.00 bits per heavy atom. The number of nitrogens with one attached hydrogen (secondary N) is 1. The number of H-pyrrole nitrogens is 1. The Morgan fingerprint density at radius 3 is 2.65 bits per heavy atom. The number of rotatable bonds is 3. The molecule has 1 atom stereocenters. The van der Waals surface area contributed by atoms with Gasteiger partial charge in [-0.25, -0.2) is 4.98 Å². The summed E-state index contributed by atoms with van der Waals surface area (Å²) < 4.78 is 0. The average Bonchev–Trinajstić information content (AvgIpc) is 2.98. The summed E-state index contributed by atoms with van der Waals surface area (Å²) >= 11 is 1.31. The van der Waals surface area contributed by atoms with E-state index in [0.717, 1.165) is 17.2 Å². The molecule has 0 spiro atoms. The van der Waals surface area contributed by atoms with Crippen LogP contribution in [0.1, 0.15) is 12.7 Å². The first-order chi connectivity index (χ1) is 9.65. The van der Waals surface area contributed by atoms with E-state index in [9.17, 15) is 4.79 Å². The van der Waals surface area contributed by atoms with Crippen molar-refractivity contribution < 1.29 is 4.79 Å². The molecule has 0 radical (unpaired) electrons. The zero-order valence-electron chi connectivity index (χ0n) is 11.1. The lowest BCUT2D eigenvalue weighted by Gasteiger charge is -2.13. The Morgan fingerprint density at radius 1 is 1.25 bits per heavy atom. The third kappa shape index (κ3) is 2.32. The molecule has 1 amide bonds. The molecule has 1 unspecified atom stereocenters. The van der Waals surface area contributed by atoms with Crippen molar-refractivity contribution in [1.29, 1.82) is 0 Å². The van der Waals surface area contributed by atoms with Crippen molar-refractivity contribution in [2.75, 3.05) is 5.01 Å². The average molecular weight is 287 g/mol. The zero-order chi connectivity index (χ0) is 14.1. The van der Waals surface area contributed by atoms with Crippen LogP contribution in [0.4, 0.5) is 5.69 Å². The molecule has 1 aromatic carbocycles. The predicted molar refractivity (Wildman–Crippen MR) is 77.8 cm³/mol. The molecule has 0 saturated heterocycles. The van der Waals surface area contributed by atoms with Crippen LogP contribution in [0.25, 0.3) is 0 Å². The number of amides is 1. The van der Waals surface area contributed by atoms with Crippen molar-refractivity contribution in [3.05, 3.63) is 36.2 Å². The van der Waals surface area contributed by atoms with Crippen LogP contribution >= 0.6 is 11.8 Å². The van der Waals surface area contributed by atoms with E-state index < -0.39 is 0 Å². The van der Waals surface area contributed by atoms with Crippen LogP contribution in [0.5, 0.6) is 0 Å². The molecule has 1 aliphatic rings. The summed E-state index contributed by atoms with van der Waals surface area (Å²) in [6.45, 7) is 3.67.